The fourth-order valence-corrected chi connectivity index (χ4v) is 4.94. The van der Waals surface area contributed by atoms with Crippen LogP contribution in [0.25, 0.3) is 6.08 Å². The van der Waals surface area contributed by atoms with Gasteiger partial charge in [0.2, 0.25) is 11.8 Å². The Labute approximate surface area is 182 Å². The average molecular weight is 430 g/mol. The highest BCUT2D eigenvalue weighted by atomic mass is 32.2. The Bertz CT molecular complexity index is 879. The molecular formula is C22H27N3O2S2. The fourth-order valence-electron chi connectivity index (χ4n) is 4.13. The third kappa shape index (κ3) is 4.16. The second-order valence-corrected chi connectivity index (χ2v) is 10.0. The number of hydrogen-bond donors (Lipinski definition) is 1. The Morgan fingerprint density at radius 1 is 1.31 bits per heavy atom. The number of piperidine rings is 1. The lowest BCUT2D eigenvalue weighted by molar-refractivity contribution is -0.166. The molecule has 1 aliphatic carbocycles. The highest BCUT2D eigenvalue weighted by Crippen LogP contribution is 2.60. The molecule has 1 saturated carbocycles. The van der Waals surface area contributed by atoms with Crippen molar-refractivity contribution in [3.05, 3.63) is 42.0 Å². The summed E-state index contributed by atoms with van der Waals surface area (Å²) in [6.07, 6.45) is 5.40. The van der Waals surface area contributed by atoms with E-state index in [1.807, 2.05) is 70.2 Å². The number of thioether (sulfide) groups is 1. The number of hydrogen-bond acceptors (Lipinski definition) is 5. The molecule has 1 heterocycles. The number of imide groups is 1. The minimum absolute atomic E-state index is 0.0734. The van der Waals surface area contributed by atoms with Gasteiger partial charge in [0.1, 0.15) is 0 Å². The zero-order valence-corrected chi connectivity index (χ0v) is 18.9. The smallest absolute Gasteiger partial charge is 0.236 e. The first kappa shape index (κ1) is 21.7. The number of likely N-dealkylation sites (tertiary alicyclic amines) is 1. The number of thiocarbonyl (C=S) groups is 1. The first-order chi connectivity index (χ1) is 13.7. The highest BCUT2D eigenvalue weighted by molar-refractivity contribution is 8.22. The van der Waals surface area contributed by atoms with Gasteiger partial charge >= 0.3 is 0 Å². The van der Waals surface area contributed by atoms with Crippen LogP contribution >= 0.6 is 24.0 Å². The molecular weight excluding hydrogens is 402 g/mol. The van der Waals surface area contributed by atoms with Crippen molar-refractivity contribution >= 4 is 51.9 Å². The minimum atomic E-state index is -0.488. The van der Waals surface area contributed by atoms with Gasteiger partial charge in [0, 0.05) is 5.92 Å². The largest absolute Gasteiger partial charge is 0.274 e. The summed E-state index contributed by atoms with van der Waals surface area (Å²) < 4.78 is 0.431. The van der Waals surface area contributed by atoms with Crippen LogP contribution in [0.15, 0.2) is 41.5 Å². The van der Waals surface area contributed by atoms with E-state index in [1.54, 1.807) is 0 Å². The number of fused-ring (bicyclic) bond motifs is 2. The van der Waals surface area contributed by atoms with E-state index in [1.165, 1.54) is 16.7 Å². The summed E-state index contributed by atoms with van der Waals surface area (Å²) in [7, 11) is 0. The van der Waals surface area contributed by atoms with Crippen LogP contribution in [-0.4, -0.2) is 32.6 Å². The molecule has 29 heavy (non-hydrogen) atoms. The quantitative estimate of drug-likeness (QED) is 0.324. The molecule has 2 amide bonds. The van der Waals surface area contributed by atoms with Gasteiger partial charge in [-0.15, -0.1) is 0 Å². The molecule has 1 aromatic carbocycles. The van der Waals surface area contributed by atoms with Crippen molar-refractivity contribution in [2.75, 3.05) is 5.88 Å². The van der Waals surface area contributed by atoms with Gasteiger partial charge < -0.3 is 0 Å². The molecule has 0 spiro atoms. The molecule has 0 aromatic heterocycles. The third-order valence-electron chi connectivity index (χ3n) is 6.47. The van der Waals surface area contributed by atoms with Crippen LogP contribution in [-0.2, 0) is 9.59 Å². The van der Waals surface area contributed by atoms with Gasteiger partial charge in [-0.25, -0.2) is 0 Å². The van der Waals surface area contributed by atoms with Crippen LogP contribution in [0.3, 0.4) is 0 Å². The number of amides is 2. The van der Waals surface area contributed by atoms with E-state index in [4.69, 9.17) is 12.2 Å². The Balaban J connectivity index is 1.55. The molecule has 0 radical (unpaired) electrons. The monoisotopic (exact) mass is 429 g/mol. The summed E-state index contributed by atoms with van der Waals surface area (Å²) in [6, 6.07) is 9.96. The minimum Gasteiger partial charge on any atom is -0.274 e. The van der Waals surface area contributed by atoms with Crippen molar-refractivity contribution in [1.82, 2.24) is 10.3 Å². The Kier molecular flexibility index (Phi) is 6.29. The maximum absolute atomic E-state index is 13.0. The summed E-state index contributed by atoms with van der Waals surface area (Å²) in [5.74, 6) is -0.0337. The highest BCUT2D eigenvalue weighted by Gasteiger charge is 2.64. The molecule has 2 aliphatic rings. The molecule has 2 atom stereocenters. The molecule has 2 fully saturated rings. The van der Waals surface area contributed by atoms with Crippen LogP contribution in [0.1, 0.15) is 46.1 Å². The Morgan fingerprint density at radius 2 is 2.00 bits per heavy atom. The zero-order chi connectivity index (χ0) is 21.2. The number of allylic oxidation sites excluding steroid dienone is 1. The number of benzene rings is 1. The number of carbonyl (C=O) groups is 2. The molecule has 5 nitrogen and oxygen atoms in total. The van der Waals surface area contributed by atoms with Crippen LogP contribution in [0.5, 0.6) is 0 Å². The summed E-state index contributed by atoms with van der Waals surface area (Å²) in [5.41, 5.74) is 3.91. The number of hydrazone groups is 1. The predicted molar refractivity (Wildman–Crippen MR) is 123 cm³/mol. The molecule has 7 heteroatoms. The zero-order valence-electron chi connectivity index (χ0n) is 17.3. The third-order valence-corrected chi connectivity index (χ3v) is 7.66. The van der Waals surface area contributed by atoms with Crippen molar-refractivity contribution in [2.24, 2.45) is 21.8 Å². The lowest BCUT2D eigenvalue weighted by Gasteiger charge is -2.47. The van der Waals surface area contributed by atoms with E-state index in [0.717, 1.165) is 24.1 Å². The maximum atomic E-state index is 13.0. The molecule has 0 unspecified atom stereocenters. The summed E-state index contributed by atoms with van der Waals surface area (Å²) in [5, 5.41) is 4.25. The number of rotatable bonds is 5. The van der Waals surface area contributed by atoms with Gasteiger partial charge in [0.25, 0.3) is 0 Å². The molecule has 3 rings (SSSR count). The molecule has 1 saturated heterocycles. The van der Waals surface area contributed by atoms with Crippen LogP contribution in [0, 0.1) is 16.7 Å². The number of carbonyl (C=O) groups excluding carboxylic acids is 2. The van der Waals surface area contributed by atoms with E-state index in [2.05, 4.69) is 10.5 Å². The van der Waals surface area contributed by atoms with Crippen LogP contribution < -0.4 is 5.43 Å². The maximum Gasteiger partial charge on any atom is 0.236 e. The lowest BCUT2D eigenvalue weighted by Crippen LogP contribution is -2.58. The second kappa shape index (κ2) is 8.40. The van der Waals surface area contributed by atoms with E-state index < -0.39 is 5.41 Å². The lowest BCUT2D eigenvalue weighted by atomic mass is 9.62. The summed E-state index contributed by atoms with van der Waals surface area (Å²) in [4.78, 5) is 27.2. The Hall–Kier alpha value is -1.99. The van der Waals surface area contributed by atoms with Gasteiger partial charge in [0.15, 0.2) is 4.32 Å². The van der Waals surface area contributed by atoms with Gasteiger partial charge in [-0.05, 0) is 36.8 Å². The number of nitrogens with one attached hydrogen (secondary N) is 1. The fraction of sp³-hybridized carbons (Fsp3) is 0.455. The molecule has 1 aliphatic heterocycles. The van der Waals surface area contributed by atoms with Crippen LogP contribution in [0.4, 0.5) is 0 Å². The Morgan fingerprint density at radius 3 is 2.69 bits per heavy atom. The average Bonchev–Trinajstić information content (AvgIpc) is 2.89. The number of nitrogens with zero attached hydrogens (tertiary/aromatic N) is 2. The van der Waals surface area contributed by atoms with Crippen molar-refractivity contribution in [3.8, 4) is 0 Å². The molecule has 2 bridgehead atoms. The van der Waals surface area contributed by atoms with Crippen LogP contribution in [0.2, 0.25) is 0 Å². The second-order valence-electron chi connectivity index (χ2n) is 8.39. The molecule has 154 valence electrons. The van der Waals surface area contributed by atoms with E-state index in [-0.39, 0.29) is 29.0 Å². The van der Waals surface area contributed by atoms with Crippen molar-refractivity contribution in [1.29, 1.82) is 0 Å². The first-order valence-electron chi connectivity index (χ1n) is 9.73. The van der Waals surface area contributed by atoms with E-state index >= 15 is 0 Å². The standard InChI is InChI=1S/C22H27N3O2S2/c1-15(10-11-16-8-6-5-7-9-16)23-24-20(28)29-14-25-18(26)17-12-13-22(4,19(25)27)21(17,2)3/h5-11,17H,12-14H2,1-4H3,(H,24,28)/b11-10-,23-15-/t17-,22+/m0/s1. The SMILES string of the molecule is CC(/C=C\c1ccccc1)=N/NC(=S)SCN1C(=O)[C@@H]2CC[C@](C)(C1=O)C2(C)C. The van der Waals surface area contributed by atoms with Gasteiger partial charge in [-0.3, -0.25) is 19.9 Å². The van der Waals surface area contributed by atoms with Gasteiger partial charge in [-0.1, -0.05) is 81.2 Å². The first-order valence-corrected chi connectivity index (χ1v) is 11.1. The topological polar surface area (TPSA) is 61.8 Å². The van der Waals surface area contributed by atoms with Crippen molar-refractivity contribution < 1.29 is 9.59 Å². The molecule has 1 N–H and O–H groups in total. The normalized spacial score (nSPS) is 26.3. The van der Waals surface area contributed by atoms with Crippen molar-refractivity contribution in [3.63, 3.8) is 0 Å². The van der Waals surface area contributed by atoms with Gasteiger partial charge in [0.05, 0.1) is 17.0 Å². The van der Waals surface area contributed by atoms with E-state index in [0.29, 0.717) is 4.32 Å². The van der Waals surface area contributed by atoms with E-state index in [9.17, 15) is 9.59 Å². The molecule has 1 aromatic rings. The summed E-state index contributed by atoms with van der Waals surface area (Å²) in [6.45, 7) is 7.94. The van der Waals surface area contributed by atoms with Gasteiger partial charge in [-0.2, -0.15) is 5.10 Å². The van der Waals surface area contributed by atoms with Crippen molar-refractivity contribution in [2.45, 2.75) is 40.5 Å². The predicted octanol–water partition coefficient (Wildman–Crippen LogP) is 4.45. The summed E-state index contributed by atoms with van der Waals surface area (Å²) >= 11 is 6.57.